The Kier molecular flexibility index (Phi) is 7.07. The summed E-state index contributed by atoms with van der Waals surface area (Å²) in [4.78, 5) is 26.0. The number of carbonyl (C=O) groups excluding carboxylic acids is 2. The molecule has 0 spiro atoms. The molecule has 4 rings (SSSR count). The van der Waals surface area contributed by atoms with E-state index in [9.17, 15) is 14.0 Å². The first kappa shape index (κ1) is 23.2. The number of halogens is 1. The van der Waals surface area contributed by atoms with E-state index in [0.29, 0.717) is 31.6 Å². The Morgan fingerprint density at radius 2 is 1.88 bits per heavy atom. The summed E-state index contributed by atoms with van der Waals surface area (Å²) in [7, 11) is 0. The quantitative estimate of drug-likeness (QED) is 0.491. The lowest BCUT2D eigenvalue weighted by Gasteiger charge is -2.36. The van der Waals surface area contributed by atoms with E-state index in [1.165, 1.54) is 24.3 Å². The number of carbonyl (C=O) groups is 2. The van der Waals surface area contributed by atoms with Crippen LogP contribution in [0.25, 0.3) is 0 Å². The Labute approximate surface area is 196 Å². The van der Waals surface area contributed by atoms with Crippen LogP contribution in [0.15, 0.2) is 60.8 Å². The summed E-state index contributed by atoms with van der Waals surface area (Å²) < 4.78 is 20.2. The van der Waals surface area contributed by atoms with Crippen LogP contribution < -0.4 is 16.8 Å². The van der Waals surface area contributed by atoms with Gasteiger partial charge in [0.15, 0.2) is 5.82 Å². The number of likely N-dealkylation sites (tertiary alicyclic amines) is 1. The van der Waals surface area contributed by atoms with Crippen LogP contribution in [-0.4, -0.2) is 52.4 Å². The van der Waals surface area contributed by atoms with E-state index in [0.717, 1.165) is 5.56 Å². The van der Waals surface area contributed by atoms with Crippen molar-refractivity contribution in [1.82, 2.24) is 14.7 Å². The third-order valence-corrected chi connectivity index (χ3v) is 5.78. The molecule has 1 aromatic heterocycles. The zero-order valence-corrected chi connectivity index (χ0v) is 18.6. The van der Waals surface area contributed by atoms with Gasteiger partial charge in [-0.05, 0) is 36.2 Å². The molecule has 2 aromatic carbocycles. The number of piperidine rings is 1. The molecule has 2 atom stereocenters. The molecule has 3 aromatic rings. The number of primary amides is 1. The standard InChI is InChI=1S/C24H27FN6O3/c25-17-6-8-18(9-7-17)28-23-19(22(27)32)14-31(29-23)21-10-12-30(15-20(21)26)24(33)34-13-11-16-4-2-1-3-5-16/h1-9,14,20-21H,10-13,15,26H2,(H2,27,32)(H,28,29)/t20-,21-/m1/s1. The summed E-state index contributed by atoms with van der Waals surface area (Å²) in [5.74, 6) is -0.763. The maximum atomic E-state index is 13.2. The number of nitrogens with two attached hydrogens (primary N) is 2. The number of nitrogens with zero attached hydrogens (tertiary/aromatic N) is 3. The molecule has 1 fully saturated rings. The molecule has 2 heterocycles. The number of aromatic nitrogens is 2. The van der Waals surface area contributed by atoms with Crippen molar-refractivity contribution in [1.29, 1.82) is 0 Å². The molecule has 2 amide bonds. The Balaban J connectivity index is 1.37. The number of benzene rings is 2. The maximum absolute atomic E-state index is 13.2. The fourth-order valence-corrected chi connectivity index (χ4v) is 3.96. The van der Waals surface area contributed by atoms with Crippen LogP contribution in [-0.2, 0) is 11.2 Å². The molecule has 0 aliphatic carbocycles. The second-order valence-electron chi connectivity index (χ2n) is 8.18. The predicted octanol–water partition coefficient (Wildman–Crippen LogP) is 2.82. The van der Waals surface area contributed by atoms with Gasteiger partial charge in [0.2, 0.25) is 0 Å². The number of rotatable bonds is 7. The van der Waals surface area contributed by atoms with E-state index >= 15 is 0 Å². The average Bonchev–Trinajstić information content (AvgIpc) is 3.25. The Morgan fingerprint density at radius 3 is 2.56 bits per heavy atom. The lowest BCUT2D eigenvalue weighted by molar-refractivity contribution is 0.0826. The minimum atomic E-state index is -0.649. The highest BCUT2D eigenvalue weighted by Crippen LogP contribution is 2.26. The smallest absolute Gasteiger partial charge is 0.409 e. The molecule has 178 valence electrons. The van der Waals surface area contributed by atoms with Crippen LogP contribution >= 0.6 is 0 Å². The number of nitrogens with one attached hydrogen (secondary N) is 1. The van der Waals surface area contributed by atoms with Crippen molar-refractivity contribution in [3.63, 3.8) is 0 Å². The summed E-state index contributed by atoms with van der Waals surface area (Å²) in [5, 5.41) is 7.47. The summed E-state index contributed by atoms with van der Waals surface area (Å²) in [6.07, 6.45) is 2.32. The van der Waals surface area contributed by atoms with Gasteiger partial charge in [-0.15, -0.1) is 0 Å². The average molecular weight is 467 g/mol. The first-order valence-corrected chi connectivity index (χ1v) is 11.0. The van der Waals surface area contributed by atoms with Gasteiger partial charge in [0.25, 0.3) is 5.91 Å². The van der Waals surface area contributed by atoms with Gasteiger partial charge in [-0.25, -0.2) is 9.18 Å². The fourth-order valence-electron chi connectivity index (χ4n) is 3.96. The second-order valence-corrected chi connectivity index (χ2v) is 8.18. The highest BCUT2D eigenvalue weighted by Gasteiger charge is 2.32. The van der Waals surface area contributed by atoms with Crippen molar-refractivity contribution < 1.29 is 18.7 Å². The van der Waals surface area contributed by atoms with Crippen LogP contribution in [0.1, 0.15) is 28.4 Å². The summed E-state index contributed by atoms with van der Waals surface area (Å²) in [6.45, 7) is 1.02. The number of hydrogen-bond donors (Lipinski definition) is 3. The van der Waals surface area contributed by atoms with Crippen molar-refractivity contribution in [3.05, 3.63) is 77.7 Å². The van der Waals surface area contributed by atoms with Crippen molar-refractivity contribution in [2.24, 2.45) is 11.5 Å². The van der Waals surface area contributed by atoms with Crippen molar-refractivity contribution in [3.8, 4) is 0 Å². The fraction of sp³-hybridized carbons (Fsp3) is 0.292. The van der Waals surface area contributed by atoms with Gasteiger partial charge in [-0.1, -0.05) is 30.3 Å². The minimum absolute atomic E-state index is 0.194. The second kappa shape index (κ2) is 10.3. The molecule has 9 nitrogen and oxygen atoms in total. The van der Waals surface area contributed by atoms with Gasteiger partial charge in [-0.3, -0.25) is 9.48 Å². The molecule has 0 radical (unpaired) electrons. The summed E-state index contributed by atoms with van der Waals surface area (Å²) in [5.41, 5.74) is 13.8. The van der Waals surface area contributed by atoms with E-state index in [1.54, 1.807) is 15.8 Å². The van der Waals surface area contributed by atoms with Crippen molar-refractivity contribution in [2.75, 3.05) is 25.0 Å². The molecular formula is C24H27FN6O3. The van der Waals surface area contributed by atoms with Crippen LogP contribution in [0.5, 0.6) is 0 Å². The maximum Gasteiger partial charge on any atom is 0.409 e. The van der Waals surface area contributed by atoms with Crippen LogP contribution in [0.3, 0.4) is 0 Å². The number of ether oxygens (including phenoxy) is 1. The number of hydrogen-bond acceptors (Lipinski definition) is 6. The van der Waals surface area contributed by atoms with Gasteiger partial charge in [0, 0.05) is 37.4 Å². The predicted molar refractivity (Wildman–Crippen MR) is 125 cm³/mol. The van der Waals surface area contributed by atoms with Gasteiger partial charge < -0.3 is 26.4 Å². The summed E-state index contributed by atoms with van der Waals surface area (Å²) in [6, 6.07) is 14.8. The third kappa shape index (κ3) is 5.52. The molecule has 0 bridgehead atoms. The Bertz CT molecular complexity index is 1140. The highest BCUT2D eigenvalue weighted by atomic mass is 19.1. The molecule has 10 heteroatoms. The molecule has 0 saturated carbocycles. The number of amides is 2. The third-order valence-electron chi connectivity index (χ3n) is 5.78. The highest BCUT2D eigenvalue weighted by molar-refractivity contribution is 5.98. The molecule has 1 saturated heterocycles. The van der Waals surface area contributed by atoms with Crippen molar-refractivity contribution >= 4 is 23.5 Å². The van der Waals surface area contributed by atoms with E-state index < -0.39 is 18.0 Å². The molecule has 1 aliphatic rings. The normalized spacial score (nSPS) is 17.9. The van der Waals surface area contributed by atoms with E-state index in [2.05, 4.69) is 10.4 Å². The molecule has 0 unspecified atom stereocenters. The Morgan fingerprint density at radius 1 is 1.15 bits per heavy atom. The van der Waals surface area contributed by atoms with E-state index in [-0.39, 0.29) is 29.8 Å². The minimum Gasteiger partial charge on any atom is -0.449 e. The monoisotopic (exact) mass is 466 g/mol. The first-order valence-electron chi connectivity index (χ1n) is 11.0. The SMILES string of the molecule is NC(=O)c1cn([C@@H]2CCN(C(=O)OCCc3ccccc3)C[C@H]2N)nc1Nc1ccc(F)cc1. The van der Waals surface area contributed by atoms with Gasteiger partial charge >= 0.3 is 6.09 Å². The lowest BCUT2D eigenvalue weighted by atomic mass is 10.0. The zero-order chi connectivity index (χ0) is 24.1. The van der Waals surface area contributed by atoms with Crippen molar-refractivity contribution in [2.45, 2.75) is 24.9 Å². The first-order chi connectivity index (χ1) is 16.4. The zero-order valence-electron chi connectivity index (χ0n) is 18.6. The lowest BCUT2D eigenvalue weighted by Crippen LogP contribution is -2.51. The molecule has 1 aliphatic heterocycles. The van der Waals surface area contributed by atoms with Crippen LogP contribution in [0.4, 0.5) is 20.7 Å². The van der Waals surface area contributed by atoms with Gasteiger partial charge in [-0.2, -0.15) is 5.10 Å². The van der Waals surface area contributed by atoms with Gasteiger partial charge in [0.05, 0.1) is 12.6 Å². The van der Waals surface area contributed by atoms with Crippen LogP contribution in [0, 0.1) is 5.82 Å². The summed E-state index contributed by atoms with van der Waals surface area (Å²) >= 11 is 0. The van der Waals surface area contributed by atoms with Crippen LogP contribution in [0.2, 0.25) is 0 Å². The number of anilines is 2. The topological polar surface area (TPSA) is 128 Å². The van der Waals surface area contributed by atoms with E-state index in [1.807, 2.05) is 30.3 Å². The Hall–Kier alpha value is -3.92. The molecular weight excluding hydrogens is 439 g/mol. The largest absolute Gasteiger partial charge is 0.449 e. The molecule has 5 N–H and O–H groups in total. The van der Waals surface area contributed by atoms with Gasteiger partial charge in [0.1, 0.15) is 11.4 Å². The molecule has 34 heavy (non-hydrogen) atoms. The van der Waals surface area contributed by atoms with E-state index in [4.69, 9.17) is 16.2 Å².